The summed E-state index contributed by atoms with van der Waals surface area (Å²) in [6.45, 7) is 0.458. The number of nitriles is 1. The topological polar surface area (TPSA) is 52.9 Å². The summed E-state index contributed by atoms with van der Waals surface area (Å²) in [7, 11) is 0. The highest BCUT2D eigenvalue weighted by Crippen LogP contribution is 1.61. The Labute approximate surface area is 41.9 Å². The van der Waals surface area contributed by atoms with E-state index in [4.69, 9.17) is 5.26 Å². The third kappa shape index (κ3) is 4.96. The third-order valence-electron chi connectivity index (χ3n) is 0.466. The summed E-state index contributed by atoms with van der Waals surface area (Å²) in [5, 5.41) is 10.1. The van der Waals surface area contributed by atoms with E-state index in [2.05, 4.69) is 5.32 Å². The molecular weight excluding hydrogens is 92.1 g/mol. The summed E-state index contributed by atoms with van der Waals surface area (Å²) < 4.78 is 0. The van der Waals surface area contributed by atoms with Crippen LogP contribution in [0.1, 0.15) is 6.42 Å². The first kappa shape index (κ1) is 5.96. The zero-order chi connectivity index (χ0) is 5.54. The van der Waals surface area contributed by atoms with Gasteiger partial charge in [-0.25, -0.2) is 0 Å². The van der Waals surface area contributed by atoms with Crippen molar-refractivity contribution in [2.24, 2.45) is 0 Å². The van der Waals surface area contributed by atoms with Crippen molar-refractivity contribution in [3.8, 4) is 6.19 Å². The predicted octanol–water partition coefficient (Wildman–Crippen LogP) is -0.354. The van der Waals surface area contributed by atoms with Gasteiger partial charge in [-0.15, -0.1) is 0 Å². The Morgan fingerprint density at radius 1 is 1.86 bits per heavy atom. The molecule has 0 amide bonds. The average molecular weight is 98.1 g/mol. The van der Waals surface area contributed by atoms with Gasteiger partial charge in [0.1, 0.15) is 6.29 Å². The number of rotatable bonds is 3. The lowest BCUT2D eigenvalue weighted by Gasteiger charge is -1.83. The number of aldehydes is 1. The summed E-state index contributed by atoms with van der Waals surface area (Å²) in [4.78, 5) is 9.53. The smallest absolute Gasteiger partial charge is 0.176 e. The van der Waals surface area contributed by atoms with Crippen LogP contribution in [0.25, 0.3) is 0 Å². The molecule has 0 aromatic heterocycles. The molecule has 0 aromatic carbocycles. The normalized spacial score (nSPS) is 6.71. The third-order valence-corrected chi connectivity index (χ3v) is 0.466. The first-order chi connectivity index (χ1) is 3.41. The minimum Gasteiger partial charge on any atom is -0.323 e. The van der Waals surface area contributed by atoms with Gasteiger partial charge in [0.15, 0.2) is 6.19 Å². The van der Waals surface area contributed by atoms with Gasteiger partial charge < -0.3 is 10.1 Å². The lowest BCUT2D eigenvalue weighted by atomic mass is 10.5. The molecule has 0 saturated carbocycles. The molecule has 0 heterocycles. The summed E-state index contributed by atoms with van der Waals surface area (Å²) in [5.74, 6) is 0. The lowest BCUT2D eigenvalue weighted by Crippen LogP contribution is -2.06. The Balaban J connectivity index is 2.72. The molecule has 0 spiro atoms. The van der Waals surface area contributed by atoms with E-state index in [9.17, 15) is 4.79 Å². The van der Waals surface area contributed by atoms with Crippen LogP contribution in [0.4, 0.5) is 0 Å². The van der Waals surface area contributed by atoms with Crippen molar-refractivity contribution in [2.75, 3.05) is 6.54 Å². The second kappa shape index (κ2) is 4.96. The first-order valence-electron chi connectivity index (χ1n) is 1.97. The molecule has 0 fully saturated rings. The van der Waals surface area contributed by atoms with Crippen molar-refractivity contribution in [3.05, 3.63) is 0 Å². The van der Waals surface area contributed by atoms with Crippen LogP contribution in [0.3, 0.4) is 0 Å². The quantitative estimate of drug-likeness (QED) is 0.227. The maximum atomic E-state index is 9.53. The molecule has 0 aliphatic carbocycles. The standard InChI is InChI=1S/C4H6N2O/c5-4-6-2-1-3-7/h3,6H,1-2H2. The summed E-state index contributed by atoms with van der Waals surface area (Å²) in [5.41, 5.74) is 0. The SMILES string of the molecule is N#CNCCC=O. The van der Waals surface area contributed by atoms with E-state index in [0.29, 0.717) is 13.0 Å². The van der Waals surface area contributed by atoms with Crippen molar-refractivity contribution in [3.63, 3.8) is 0 Å². The van der Waals surface area contributed by atoms with E-state index in [0.717, 1.165) is 6.29 Å². The van der Waals surface area contributed by atoms with Crippen molar-refractivity contribution >= 4 is 6.29 Å². The highest BCUT2D eigenvalue weighted by atomic mass is 16.1. The Hall–Kier alpha value is -1.04. The number of hydrogen-bond donors (Lipinski definition) is 1. The Bertz CT molecular complexity index is 84.2. The Kier molecular flexibility index (Phi) is 4.22. The molecule has 0 bridgehead atoms. The maximum absolute atomic E-state index is 9.53. The molecule has 0 rings (SSSR count). The zero-order valence-electron chi connectivity index (χ0n) is 3.85. The van der Waals surface area contributed by atoms with Gasteiger partial charge in [0.25, 0.3) is 0 Å². The largest absolute Gasteiger partial charge is 0.323 e. The maximum Gasteiger partial charge on any atom is 0.176 e. The molecular formula is C4H6N2O. The number of carbonyl (C=O) groups excluding carboxylic acids is 1. The van der Waals surface area contributed by atoms with Crippen LogP contribution in [0.5, 0.6) is 0 Å². The van der Waals surface area contributed by atoms with E-state index in [-0.39, 0.29) is 0 Å². The second-order valence-electron chi connectivity index (χ2n) is 0.994. The van der Waals surface area contributed by atoms with Crippen molar-refractivity contribution < 1.29 is 4.79 Å². The van der Waals surface area contributed by atoms with Crippen molar-refractivity contribution in [2.45, 2.75) is 6.42 Å². The minimum atomic E-state index is 0.410. The monoisotopic (exact) mass is 98.0 g/mol. The van der Waals surface area contributed by atoms with E-state index >= 15 is 0 Å². The van der Waals surface area contributed by atoms with Crippen LogP contribution >= 0.6 is 0 Å². The van der Waals surface area contributed by atoms with Gasteiger partial charge in [0, 0.05) is 13.0 Å². The average Bonchev–Trinajstić information content (AvgIpc) is 1.69. The predicted molar refractivity (Wildman–Crippen MR) is 24.3 cm³/mol. The molecule has 0 aromatic rings. The molecule has 0 radical (unpaired) electrons. The molecule has 0 atom stereocenters. The van der Waals surface area contributed by atoms with Gasteiger partial charge in [0.2, 0.25) is 0 Å². The molecule has 3 nitrogen and oxygen atoms in total. The highest BCUT2D eigenvalue weighted by molar-refractivity contribution is 5.49. The minimum absolute atomic E-state index is 0.410. The molecule has 0 aliphatic rings. The highest BCUT2D eigenvalue weighted by Gasteiger charge is 1.76. The number of carbonyl (C=O) groups is 1. The van der Waals surface area contributed by atoms with Gasteiger partial charge in [-0.1, -0.05) is 0 Å². The van der Waals surface area contributed by atoms with E-state index in [1.54, 1.807) is 6.19 Å². The fraction of sp³-hybridized carbons (Fsp3) is 0.500. The molecule has 0 unspecified atom stereocenters. The van der Waals surface area contributed by atoms with Crippen molar-refractivity contribution in [1.29, 1.82) is 5.26 Å². The van der Waals surface area contributed by atoms with Gasteiger partial charge in [-0.05, 0) is 0 Å². The number of nitrogens with zero attached hydrogens (tertiary/aromatic N) is 1. The molecule has 38 valence electrons. The van der Waals surface area contributed by atoms with Crippen LogP contribution in [-0.4, -0.2) is 12.8 Å². The van der Waals surface area contributed by atoms with Gasteiger partial charge in [-0.3, -0.25) is 0 Å². The van der Waals surface area contributed by atoms with Gasteiger partial charge in [0.05, 0.1) is 0 Å². The second-order valence-corrected chi connectivity index (χ2v) is 0.994. The van der Waals surface area contributed by atoms with E-state index < -0.39 is 0 Å². The van der Waals surface area contributed by atoms with Crippen LogP contribution in [0, 0.1) is 11.5 Å². The molecule has 7 heavy (non-hydrogen) atoms. The molecule has 1 N–H and O–H groups in total. The van der Waals surface area contributed by atoms with Crippen LogP contribution in [-0.2, 0) is 4.79 Å². The first-order valence-corrected chi connectivity index (χ1v) is 1.97. The van der Waals surface area contributed by atoms with Crippen molar-refractivity contribution in [1.82, 2.24) is 5.32 Å². The number of hydrogen-bond acceptors (Lipinski definition) is 3. The Morgan fingerprint density at radius 3 is 3.00 bits per heavy atom. The fourth-order valence-electron chi connectivity index (χ4n) is 0.187. The summed E-state index contributed by atoms with van der Waals surface area (Å²) in [6, 6.07) is 0. The molecule has 3 heteroatoms. The lowest BCUT2D eigenvalue weighted by molar-refractivity contribution is -0.107. The van der Waals surface area contributed by atoms with Gasteiger partial charge >= 0.3 is 0 Å². The fourth-order valence-corrected chi connectivity index (χ4v) is 0.187. The molecule has 0 aliphatic heterocycles. The van der Waals surface area contributed by atoms with Gasteiger partial charge in [-0.2, -0.15) is 5.26 Å². The van der Waals surface area contributed by atoms with Crippen LogP contribution in [0.15, 0.2) is 0 Å². The van der Waals surface area contributed by atoms with Crippen LogP contribution in [0.2, 0.25) is 0 Å². The van der Waals surface area contributed by atoms with Crippen LogP contribution < -0.4 is 5.32 Å². The number of nitrogens with one attached hydrogen (secondary N) is 1. The zero-order valence-corrected chi connectivity index (χ0v) is 3.85. The van der Waals surface area contributed by atoms with E-state index in [1.807, 2.05) is 0 Å². The summed E-state index contributed by atoms with van der Waals surface area (Å²) in [6.07, 6.45) is 2.87. The molecule has 0 saturated heterocycles. The van der Waals surface area contributed by atoms with E-state index in [1.165, 1.54) is 0 Å². The Morgan fingerprint density at radius 2 is 2.57 bits per heavy atom. The summed E-state index contributed by atoms with van der Waals surface area (Å²) >= 11 is 0.